The number of rotatable bonds is 9. The molecule has 4 rings (SSSR count). The number of pyridine rings is 1. The minimum Gasteiger partial charge on any atom is -0.493 e. The van der Waals surface area contributed by atoms with Crippen molar-refractivity contribution in [3.63, 3.8) is 0 Å². The van der Waals surface area contributed by atoms with Gasteiger partial charge in [0.25, 0.3) is 0 Å². The van der Waals surface area contributed by atoms with Gasteiger partial charge < -0.3 is 20.1 Å². The normalized spacial score (nSPS) is 18.5. The number of benzene rings is 1. The molecule has 9 nitrogen and oxygen atoms in total. The number of nitrogens with zero attached hydrogens (tertiary/aromatic N) is 2. The maximum atomic E-state index is 12.0. The Bertz CT molecular complexity index is 1110. The highest BCUT2D eigenvalue weighted by Crippen LogP contribution is 2.55. The summed E-state index contributed by atoms with van der Waals surface area (Å²) in [5.74, 6) is 0.264. The number of carbonyl (C=O) groups excluding carboxylic acids is 1. The largest absolute Gasteiger partial charge is 0.493 e. The van der Waals surface area contributed by atoms with Crippen LogP contribution >= 0.6 is 0 Å². The van der Waals surface area contributed by atoms with Crippen LogP contribution in [-0.4, -0.2) is 58.9 Å². The van der Waals surface area contributed by atoms with Crippen molar-refractivity contribution >= 4 is 32.5 Å². The Labute approximate surface area is 188 Å². The minimum absolute atomic E-state index is 0.00625. The zero-order valence-corrected chi connectivity index (χ0v) is 19.3. The SMILES string of the molecule is COc1cc2nccc(N3CCC(C4(CNS(=O)(=O)CC(N)=O)CC4)CC3)c2cc1OC. The predicted octanol–water partition coefficient (Wildman–Crippen LogP) is 1.65. The second kappa shape index (κ2) is 8.74. The predicted molar refractivity (Wildman–Crippen MR) is 122 cm³/mol. The number of nitrogens with one attached hydrogen (secondary N) is 1. The Morgan fingerprint density at radius 3 is 2.47 bits per heavy atom. The zero-order valence-electron chi connectivity index (χ0n) is 18.5. The van der Waals surface area contributed by atoms with E-state index >= 15 is 0 Å². The lowest BCUT2D eigenvalue weighted by molar-refractivity contribution is -0.115. The van der Waals surface area contributed by atoms with E-state index in [0.29, 0.717) is 24.0 Å². The summed E-state index contributed by atoms with van der Waals surface area (Å²) >= 11 is 0. The quantitative estimate of drug-likeness (QED) is 0.581. The van der Waals surface area contributed by atoms with E-state index in [1.54, 1.807) is 14.2 Å². The number of carbonyl (C=O) groups is 1. The first-order valence-electron chi connectivity index (χ1n) is 10.8. The van der Waals surface area contributed by atoms with Crippen molar-refractivity contribution < 1.29 is 22.7 Å². The van der Waals surface area contributed by atoms with Crippen molar-refractivity contribution in [2.75, 3.05) is 44.5 Å². The van der Waals surface area contributed by atoms with Crippen molar-refractivity contribution in [1.82, 2.24) is 9.71 Å². The monoisotopic (exact) mass is 462 g/mol. The summed E-state index contributed by atoms with van der Waals surface area (Å²) in [7, 11) is -0.433. The van der Waals surface area contributed by atoms with Crippen molar-refractivity contribution in [1.29, 1.82) is 0 Å². The van der Waals surface area contributed by atoms with Gasteiger partial charge in [0.2, 0.25) is 15.9 Å². The topological polar surface area (TPSA) is 124 Å². The number of sulfonamides is 1. The van der Waals surface area contributed by atoms with Crippen LogP contribution < -0.4 is 24.8 Å². The summed E-state index contributed by atoms with van der Waals surface area (Å²) < 4.78 is 37.5. The Kier molecular flexibility index (Phi) is 6.17. The number of nitrogens with two attached hydrogens (primary N) is 1. The summed E-state index contributed by atoms with van der Waals surface area (Å²) in [6.45, 7) is 2.14. The van der Waals surface area contributed by atoms with Gasteiger partial charge in [0.1, 0.15) is 5.75 Å². The number of aromatic nitrogens is 1. The Hall–Kier alpha value is -2.59. The van der Waals surface area contributed by atoms with Crippen LogP contribution in [0.3, 0.4) is 0 Å². The van der Waals surface area contributed by atoms with Gasteiger partial charge in [-0.1, -0.05) is 0 Å². The fourth-order valence-electron chi connectivity index (χ4n) is 4.85. The van der Waals surface area contributed by atoms with Crippen LogP contribution in [-0.2, 0) is 14.8 Å². The van der Waals surface area contributed by atoms with E-state index in [2.05, 4.69) is 14.6 Å². The summed E-state index contributed by atoms with van der Waals surface area (Å²) in [5.41, 5.74) is 7.00. The van der Waals surface area contributed by atoms with Gasteiger partial charge in [0, 0.05) is 43.0 Å². The molecular formula is C22H30N4O5S. The molecule has 0 bridgehead atoms. The smallest absolute Gasteiger partial charge is 0.234 e. The van der Waals surface area contributed by atoms with E-state index in [4.69, 9.17) is 15.2 Å². The first kappa shape index (κ1) is 22.6. The number of fused-ring (bicyclic) bond motifs is 1. The second-order valence-corrected chi connectivity index (χ2v) is 10.5. The molecule has 32 heavy (non-hydrogen) atoms. The Morgan fingerprint density at radius 2 is 1.88 bits per heavy atom. The summed E-state index contributed by atoms with van der Waals surface area (Å²) in [5, 5.41) is 1.02. The molecule has 1 aliphatic carbocycles. The highest BCUT2D eigenvalue weighted by Gasteiger charge is 2.50. The number of hydrogen-bond donors (Lipinski definition) is 2. The molecule has 1 amide bonds. The molecule has 0 atom stereocenters. The number of amides is 1. The molecule has 0 radical (unpaired) electrons. The van der Waals surface area contributed by atoms with E-state index in [1.165, 1.54) is 0 Å². The van der Waals surface area contributed by atoms with E-state index in [9.17, 15) is 13.2 Å². The molecular weight excluding hydrogens is 432 g/mol. The molecule has 2 heterocycles. The first-order chi connectivity index (χ1) is 15.3. The number of hydrogen-bond acceptors (Lipinski definition) is 7. The molecule has 1 aliphatic heterocycles. The maximum Gasteiger partial charge on any atom is 0.234 e. The molecule has 1 aromatic heterocycles. The van der Waals surface area contributed by atoms with Crippen LogP contribution in [0.2, 0.25) is 0 Å². The van der Waals surface area contributed by atoms with Gasteiger partial charge in [-0.3, -0.25) is 9.78 Å². The fourth-order valence-corrected chi connectivity index (χ4v) is 5.83. The third kappa shape index (κ3) is 4.61. The van der Waals surface area contributed by atoms with Gasteiger partial charge >= 0.3 is 0 Å². The summed E-state index contributed by atoms with van der Waals surface area (Å²) in [6.07, 6.45) is 5.78. The number of primary amides is 1. The molecule has 10 heteroatoms. The summed E-state index contributed by atoms with van der Waals surface area (Å²) in [4.78, 5) is 17.8. The molecule has 2 aromatic rings. The Balaban J connectivity index is 1.45. The molecule has 3 N–H and O–H groups in total. The zero-order chi connectivity index (χ0) is 22.9. The van der Waals surface area contributed by atoms with Crippen LogP contribution in [0.1, 0.15) is 25.7 Å². The first-order valence-corrected chi connectivity index (χ1v) is 12.4. The highest BCUT2D eigenvalue weighted by molar-refractivity contribution is 7.90. The van der Waals surface area contributed by atoms with Crippen molar-refractivity contribution in [3.05, 3.63) is 24.4 Å². The Morgan fingerprint density at radius 1 is 1.22 bits per heavy atom. The van der Waals surface area contributed by atoms with Crippen molar-refractivity contribution in [3.8, 4) is 11.5 Å². The second-order valence-electron chi connectivity index (χ2n) is 8.72. The third-order valence-corrected chi connectivity index (χ3v) is 8.04. The van der Waals surface area contributed by atoms with Crippen LogP contribution in [0.4, 0.5) is 5.69 Å². The number of anilines is 1. The molecule has 174 valence electrons. The van der Waals surface area contributed by atoms with E-state index in [-0.39, 0.29) is 5.41 Å². The molecule has 1 saturated heterocycles. The van der Waals surface area contributed by atoms with Gasteiger partial charge in [-0.15, -0.1) is 0 Å². The van der Waals surface area contributed by atoms with Gasteiger partial charge in [0.05, 0.1) is 19.7 Å². The lowest BCUT2D eigenvalue weighted by atomic mass is 9.81. The lowest BCUT2D eigenvalue weighted by Crippen LogP contribution is -2.42. The van der Waals surface area contributed by atoms with E-state index < -0.39 is 21.7 Å². The van der Waals surface area contributed by atoms with Crippen LogP contribution in [0.15, 0.2) is 24.4 Å². The average molecular weight is 463 g/mol. The van der Waals surface area contributed by atoms with Crippen LogP contribution in [0, 0.1) is 11.3 Å². The van der Waals surface area contributed by atoms with Crippen molar-refractivity contribution in [2.45, 2.75) is 25.7 Å². The fraction of sp³-hybridized carbons (Fsp3) is 0.545. The number of piperidine rings is 1. The standard InChI is InChI=1S/C22H30N4O5S/c1-30-19-11-16-17(12-20(19)31-2)24-8-3-18(16)26-9-4-15(5-10-26)22(6-7-22)14-25-32(28,29)13-21(23)27/h3,8,11-12,15,25H,4-7,9-10,13-14H2,1-2H3,(H2,23,27). The van der Waals surface area contributed by atoms with Gasteiger partial charge in [0.15, 0.2) is 11.5 Å². The number of methoxy groups -OCH3 is 2. The average Bonchev–Trinajstić information content (AvgIpc) is 3.57. The molecule has 1 aromatic carbocycles. The van der Waals surface area contributed by atoms with Gasteiger partial charge in [-0.05, 0) is 49.1 Å². The summed E-state index contributed by atoms with van der Waals surface area (Å²) in [6, 6.07) is 5.89. The third-order valence-electron chi connectivity index (χ3n) is 6.79. The van der Waals surface area contributed by atoms with Crippen LogP contribution in [0.5, 0.6) is 11.5 Å². The highest BCUT2D eigenvalue weighted by atomic mass is 32.2. The molecule has 2 fully saturated rings. The van der Waals surface area contributed by atoms with Gasteiger partial charge in [-0.25, -0.2) is 13.1 Å². The lowest BCUT2D eigenvalue weighted by Gasteiger charge is -2.38. The number of ether oxygens (including phenoxy) is 2. The van der Waals surface area contributed by atoms with Gasteiger partial charge in [-0.2, -0.15) is 0 Å². The van der Waals surface area contributed by atoms with E-state index in [1.807, 2.05) is 24.4 Å². The molecule has 2 aliphatic rings. The molecule has 0 unspecified atom stereocenters. The molecule has 0 spiro atoms. The molecule has 1 saturated carbocycles. The minimum atomic E-state index is -3.67. The van der Waals surface area contributed by atoms with Crippen LogP contribution in [0.25, 0.3) is 10.9 Å². The van der Waals surface area contributed by atoms with Crippen molar-refractivity contribution in [2.24, 2.45) is 17.1 Å². The van der Waals surface area contributed by atoms with E-state index in [0.717, 1.165) is 55.4 Å². The maximum absolute atomic E-state index is 12.0.